The topological polar surface area (TPSA) is 103 Å². The van der Waals surface area contributed by atoms with Gasteiger partial charge in [0.15, 0.2) is 11.6 Å². The SMILES string of the molecule is CO/N=C/c1cc(-c2ccc(-c3nc(SCC(C)=O)n[nH]3)o2)ccc1OC. The molecule has 1 N–H and O–H groups in total. The van der Waals surface area contributed by atoms with E-state index in [4.69, 9.17) is 14.0 Å². The molecule has 140 valence electrons. The number of carbonyl (C=O) groups excluding carboxylic acids is 1. The average molecular weight is 386 g/mol. The summed E-state index contributed by atoms with van der Waals surface area (Å²) in [5, 5.41) is 11.2. The van der Waals surface area contributed by atoms with Crippen molar-refractivity contribution in [2.45, 2.75) is 12.1 Å². The number of ketones is 1. The van der Waals surface area contributed by atoms with E-state index in [2.05, 4.69) is 20.3 Å². The second-order valence-electron chi connectivity index (χ2n) is 5.49. The third-order valence-corrected chi connectivity index (χ3v) is 4.51. The minimum Gasteiger partial charge on any atom is -0.496 e. The monoisotopic (exact) mass is 386 g/mol. The lowest BCUT2D eigenvalue weighted by Crippen LogP contribution is -1.93. The van der Waals surface area contributed by atoms with Gasteiger partial charge in [0.1, 0.15) is 24.4 Å². The molecule has 0 spiro atoms. The fraction of sp³-hybridized carbons (Fsp3) is 0.222. The minimum absolute atomic E-state index is 0.0685. The quantitative estimate of drug-likeness (QED) is 0.359. The van der Waals surface area contributed by atoms with Crippen LogP contribution in [-0.4, -0.2) is 47.2 Å². The molecule has 0 saturated carbocycles. The van der Waals surface area contributed by atoms with Crippen LogP contribution in [0.1, 0.15) is 12.5 Å². The first-order valence-corrected chi connectivity index (χ1v) is 8.99. The Hall–Kier alpha value is -3.07. The maximum Gasteiger partial charge on any atom is 0.209 e. The molecule has 2 aromatic heterocycles. The maximum atomic E-state index is 11.1. The van der Waals surface area contributed by atoms with E-state index in [0.717, 1.165) is 11.1 Å². The molecule has 0 aliphatic heterocycles. The summed E-state index contributed by atoms with van der Waals surface area (Å²) in [6.07, 6.45) is 1.57. The van der Waals surface area contributed by atoms with E-state index >= 15 is 0 Å². The van der Waals surface area contributed by atoms with Gasteiger partial charge in [0.25, 0.3) is 0 Å². The number of aromatic nitrogens is 3. The Morgan fingerprint density at radius 3 is 2.85 bits per heavy atom. The van der Waals surface area contributed by atoms with Gasteiger partial charge in [-0.25, -0.2) is 0 Å². The van der Waals surface area contributed by atoms with Crippen molar-refractivity contribution in [3.8, 4) is 28.7 Å². The first-order chi connectivity index (χ1) is 13.1. The lowest BCUT2D eigenvalue weighted by atomic mass is 10.1. The van der Waals surface area contributed by atoms with Crippen molar-refractivity contribution in [2.24, 2.45) is 5.16 Å². The Kier molecular flexibility index (Phi) is 5.92. The van der Waals surface area contributed by atoms with Crippen molar-refractivity contribution in [1.82, 2.24) is 15.2 Å². The van der Waals surface area contributed by atoms with E-state index in [0.29, 0.717) is 34.0 Å². The van der Waals surface area contributed by atoms with Crippen molar-refractivity contribution in [1.29, 1.82) is 0 Å². The Morgan fingerprint density at radius 2 is 2.11 bits per heavy atom. The summed E-state index contributed by atoms with van der Waals surface area (Å²) < 4.78 is 11.2. The smallest absolute Gasteiger partial charge is 0.209 e. The fourth-order valence-corrected chi connectivity index (χ4v) is 2.90. The number of H-pyrrole nitrogens is 1. The number of ether oxygens (including phenoxy) is 1. The molecule has 0 fully saturated rings. The molecule has 0 saturated heterocycles. The summed E-state index contributed by atoms with van der Waals surface area (Å²) in [5.41, 5.74) is 1.61. The largest absolute Gasteiger partial charge is 0.496 e. The van der Waals surface area contributed by atoms with Gasteiger partial charge in [0.2, 0.25) is 5.16 Å². The summed E-state index contributed by atoms with van der Waals surface area (Å²) >= 11 is 1.28. The summed E-state index contributed by atoms with van der Waals surface area (Å²) in [4.78, 5) is 20.1. The summed E-state index contributed by atoms with van der Waals surface area (Å²) in [7, 11) is 3.07. The Bertz CT molecular complexity index is 964. The van der Waals surface area contributed by atoms with E-state index < -0.39 is 0 Å². The molecule has 27 heavy (non-hydrogen) atoms. The number of furan rings is 1. The molecule has 0 unspecified atom stereocenters. The molecule has 0 bridgehead atoms. The normalized spacial score (nSPS) is 11.1. The maximum absolute atomic E-state index is 11.1. The van der Waals surface area contributed by atoms with Crippen LogP contribution in [0.15, 0.2) is 45.1 Å². The number of nitrogens with one attached hydrogen (secondary N) is 1. The molecular weight excluding hydrogens is 368 g/mol. The number of aromatic amines is 1. The number of hydrogen-bond acceptors (Lipinski definition) is 8. The molecule has 8 nitrogen and oxygen atoms in total. The number of carbonyl (C=O) groups is 1. The highest BCUT2D eigenvalue weighted by Gasteiger charge is 2.13. The highest BCUT2D eigenvalue weighted by Crippen LogP contribution is 2.30. The summed E-state index contributed by atoms with van der Waals surface area (Å²) in [5.74, 6) is 2.79. The second kappa shape index (κ2) is 8.54. The van der Waals surface area contributed by atoms with Gasteiger partial charge in [-0.05, 0) is 37.3 Å². The third kappa shape index (κ3) is 4.56. The third-order valence-electron chi connectivity index (χ3n) is 3.52. The number of nitrogens with zero attached hydrogens (tertiary/aromatic N) is 3. The van der Waals surface area contributed by atoms with Crippen LogP contribution in [0, 0.1) is 0 Å². The predicted molar refractivity (Wildman–Crippen MR) is 102 cm³/mol. The zero-order valence-electron chi connectivity index (χ0n) is 15.1. The van der Waals surface area contributed by atoms with Gasteiger partial charge in [0.05, 0.1) is 19.1 Å². The van der Waals surface area contributed by atoms with Crippen LogP contribution in [-0.2, 0) is 9.63 Å². The van der Waals surface area contributed by atoms with Crippen molar-refractivity contribution in [2.75, 3.05) is 20.0 Å². The number of methoxy groups -OCH3 is 1. The second-order valence-corrected chi connectivity index (χ2v) is 6.44. The molecule has 1 aromatic carbocycles. The van der Waals surface area contributed by atoms with Crippen molar-refractivity contribution in [3.63, 3.8) is 0 Å². The zero-order valence-corrected chi connectivity index (χ0v) is 15.9. The Labute approximate surface area is 160 Å². The van der Waals surface area contributed by atoms with Gasteiger partial charge in [-0.2, -0.15) is 4.98 Å². The van der Waals surface area contributed by atoms with Gasteiger partial charge in [-0.3, -0.25) is 9.89 Å². The van der Waals surface area contributed by atoms with Crippen LogP contribution in [0.3, 0.4) is 0 Å². The number of benzene rings is 1. The van der Waals surface area contributed by atoms with Gasteiger partial charge in [0, 0.05) is 11.1 Å². The lowest BCUT2D eigenvalue weighted by Gasteiger charge is -2.06. The van der Waals surface area contributed by atoms with Crippen LogP contribution in [0.2, 0.25) is 0 Å². The van der Waals surface area contributed by atoms with E-state index in [9.17, 15) is 4.79 Å². The van der Waals surface area contributed by atoms with Crippen molar-refractivity contribution in [3.05, 3.63) is 35.9 Å². The van der Waals surface area contributed by atoms with Crippen LogP contribution in [0.5, 0.6) is 5.75 Å². The molecule has 9 heteroatoms. The standard InChI is InChI=1S/C18H18N4O4S/c1-11(23)10-27-18-20-17(21-22-18)16-7-6-15(26-16)12-4-5-14(24-2)13(8-12)9-19-25-3/h4-9H,10H2,1-3H3,(H,20,21,22)/b19-9+. The molecule has 3 aromatic rings. The van der Waals surface area contributed by atoms with Crippen molar-refractivity contribution < 1.29 is 18.8 Å². The average Bonchev–Trinajstić information content (AvgIpc) is 3.33. The number of oxime groups is 1. The van der Waals surface area contributed by atoms with Crippen LogP contribution >= 0.6 is 11.8 Å². The number of Topliss-reactive ketones (excluding diaryl/α,β-unsaturated/α-hetero) is 1. The molecule has 0 radical (unpaired) electrons. The van der Waals surface area contributed by atoms with E-state index in [1.807, 2.05) is 30.3 Å². The van der Waals surface area contributed by atoms with E-state index in [1.165, 1.54) is 25.8 Å². The number of rotatable bonds is 8. The highest BCUT2D eigenvalue weighted by molar-refractivity contribution is 7.99. The molecule has 3 rings (SSSR count). The lowest BCUT2D eigenvalue weighted by molar-refractivity contribution is -0.114. The van der Waals surface area contributed by atoms with Gasteiger partial charge in [-0.15, -0.1) is 5.10 Å². The Balaban J connectivity index is 1.83. The van der Waals surface area contributed by atoms with E-state index in [-0.39, 0.29) is 5.78 Å². The minimum atomic E-state index is 0.0685. The first-order valence-electron chi connectivity index (χ1n) is 8.00. The predicted octanol–water partition coefficient (Wildman–Crippen LogP) is 3.40. The molecule has 2 heterocycles. The van der Waals surface area contributed by atoms with Gasteiger partial charge >= 0.3 is 0 Å². The molecule has 0 aliphatic carbocycles. The highest BCUT2D eigenvalue weighted by atomic mass is 32.2. The van der Waals surface area contributed by atoms with Gasteiger partial charge < -0.3 is 14.0 Å². The fourth-order valence-electron chi connectivity index (χ4n) is 2.31. The van der Waals surface area contributed by atoms with Crippen LogP contribution in [0.25, 0.3) is 22.9 Å². The number of hydrogen-bond donors (Lipinski definition) is 1. The molecule has 0 aliphatic rings. The van der Waals surface area contributed by atoms with E-state index in [1.54, 1.807) is 13.3 Å². The Morgan fingerprint density at radius 1 is 1.30 bits per heavy atom. The van der Waals surface area contributed by atoms with Crippen LogP contribution < -0.4 is 4.74 Å². The zero-order chi connectivity index (χ0) is 19.2. The summed E-state index contributed by atoms with van der Waals surface area (Å²) in [6, 6.07) is 9.26. The molecule has 0 atom stereocenters. The van der Waals surface area contributed by atoms with Gasteiger partial charge in [-0.1, -0.05) is 16.9 Å². The van der Waals surface area contributed by atoms with Crippen LogP contribution in [0.4, 0.5) is 0 Å². The summed E-state index contributed by atoms with van der Waals surface area (Å²) in [6.45, 7) is 1.53. The molecule has 0 amide bonds. The first kappa shape index (κ1) is 18.7. The number of thioether (sulfide) groups is 1. The molecular formula is C18H18N4O4S. The van der Waals surface area contributed by atoms with Crippen molar-refractivity contribution >= 4 is 23.8 Å².